The molecule has 4 heteroatoms. The van der Waals surface area contributed by atoms with E-state index in [-0.39, 0.29) is 0 Å². The summed E-state index contributed by atoms with van der Waals surface area (Å²) in [6.45, 7) is 2.14. The molecule has 0 amide bonds. The lowest BCUT2D eigenvalue weighted by Gasteiger charge is -2.22. The van der Waals surface area contributed by atoms with E-state index in [0.29, 0.717) is 6.04 Å². The molecule has 0 aromatic carbocycles. The molecule has 1 fully saturated rings. The van der Waals surface area contributed by atoms with Crippen molar-refractivity contribution in [1.82, 2.24) is 9.88 Å². The number of anilines is 2. The lowest BCUT2D eigenvalue weighted by molar-refractivity contribution is 0.315. The lowest BCUT2D eigenvalue weighted by atomic mass is 10.2. The van der Waals surface area contributed by atoms with Crippen LogP contribution in [0.25, 0.3) is 0 Å². The summed E-state index contributed by atoms with van der Waals surface area (Å²) in [4.78, 5) is 8.62. The summed E-state index contributed by atoms with van der Waals surface area (Å²) in [5.74, 6) is 0. The van der Waals surface area contributed by atoms with Crippen LogP contribution in [0.3, 0.4) is 0 Å². The highest BCUT2D eigenvalue weighted by Gasteiger charge is 2.24. The second kappa shape index (κ2) is 4.06. The monoisotopic (exact) mass is 206 g/mol. The summed E-state index contributed by atoms with van der Waals surface area (Å²) in [6, 6.07) is 2.63. The lowest BCUT2D eigenvalue weighted by Crippen LogP contribution is -2.31. The van der Waals surface area contributed by atoms with E-state index < -0.39 is 0 Å². The van der Waals surface area contributed by atoms with Crippen LogP contribution in [-0.2, 0) is 0 Å². The smallest absolute Gasteiger partial charge is 0.0738 e. The average Bonchev–Trinajstić information content (AvgIpc) is 2.67. The van der Waals surface area contributed by atoms with Gasteiger partial charge < -0.3 is 15.5 Å². The van der Waals surface area contributed by atoms with E-state index in [1.165, 1.54) is 6.42 Å². The summed E-state index contributed by atoms with van der Waals surface area (Å²) in [5.41, 5.74) is 7.80. The number of nitrogen functional groups attached to an aromatic ring is 1. The van der Waals surface area contributed by atoms with Gasteiger partial charge in [0, 0.05) is 25.3 Å². The van der Waals surface area contributed by atoms with Gasteiger partial charge in [-0.15, -0.1) is 0 Å². The number of hydrogen-bond donors (Lipinski definition) is 1. The molecule has 0 spiro atoms. The zero-order valence-corrected chi connectivity index (χ0v) is 9.35. The molecule has 82 valence electrons. The molecule has 0 saturated carbocycles. The highest BCUT2D eigenvalue weighted by atomic mass is 15.2. The van der Waals surface area contributed by atoms with Crippen LogP contribution in [-0.4, -0.2) is 43.1 Å². The van der Waals surface area contributed by atoms with E-state index in [0.717, 1.165) is 24.5 Å². The molecule has 4 nitrogen and oxygen atoms in total. The molecular formula is C11H18N4. The van der Waals surface area contributed by atoms with E-state index in [1.54, 1.807) is 12.4 Å². The second-order valence-corrected chi connectivity index (χ2v) is 4.29. The maximum atomic E-state index is 5.90. The Balaban J connectivity index is 2.11. The number of aromatic nitrogens is 1. The van der Waals surface area contributed by atoms with Gasteiger partial charge in [0.05, 0.1) is 17.6 Å². The van der Waals surface area contributed by atoms with Gasteiger partial charge in [0.1, 0.15) is 0 Å². The molecule has 15 heavy (non-hydrogen) atoms. The van der Waals surface area contributed by atoms with Crippen molar-refractivity contribution in [2.45, 2.75) is 12.5 Å². The predicted octanol–water partition coefficient (Wildman–Crippen LogP) is 0.804. The number of hydrogen-bond acceptors (Lipinski definition) is 4. The maximum Gasteiger partial charge on any atom is 0.0738 e. The zero-order chi connectivity index (χ0) is 10.8. The largest absolute Gasteiger partial charge is 0.396 e. The van der Waals surface area contributed by atoms with Crippen LogP contribution < -0.4 is 10.6 Å². The predicted molar refractivity (Wildman–Crippen MR) is 63.0 cm³/mol. The van der Waals surface area contributed by atoms with Crippen molar-refractivity contribution in [2.75, 3.05) is 37.8 Å². The van der Waals surface area contributed by atoms with E-state index in [2.05, 4.69) is 28.9 Å². The quantitative estimate of drug-likeness (QED) is 0.777. The minimum Gasteiger partial charge on any atom is -0.396 e. The first kappa shape index (κ1) is 10.2. The molecule has 0 bridgehead atoms. The SMILES string of the molecule is CN(C)[C@H]1CCN(c2ccncc2N)C1. The van der Waals surface area contributed by atoms with Crippen molar-refractivity contribution in [3.8, 4) is 0 Å². The maximum absolute atomic E-state index is 5.90. The van der Waals surface area contributed by atoms with Gasteiger partial charge in [-0.25, -0.2) is 0 Å². The Labute approximate surface area is 90.7 Å². The average molecular weight is 206 g/mol. The first-order valence-corrected chi connectivity index (χ1v) is 5.29. The van der Waals surface area contributed by atoms with Gasteiger partial charge in [-0.2, -0.15) is 0 Å². The van der Waals surface area contributed by atoms with Crippen LogP contribution >= 0.6 is 0 Å². The Morgan fingerprint density at radius 2 is 2.33 bits per heavy atom. The van der Waals surface area contributed by atoms with Gasteiger partial charge in [-0.05, 0) is 26.6 Å². The molecular weight excluding hydrogens is 188 g/mol. The van der Waals surface area contributed by atoms with Gasteiger partial charge in [0.15, 0.2) is 0 Å². The summed E-state index contributed by atoms with van der Waals surface area (Å²) >= 11 is 0. The number of rotatable bonds is 2. The molecule has 1 aliphatic rings. The Hall–Kier alpha value is -1.29. The summed E-state index contributed by atoms with van der Waals surface area (Å²) < 4.78 is 0. The van der Waals surface area contributed by atoms with Crippen LogP contribution in [0.1, 0.15) is 6.42 Å². The summed E-state index contributed by atoms with van der Waals surface area (Å²) in [7, 11) is 4.26. The third-order valence-electron chi connectivity index (χ3n) is 3.06. The molecule has 1 aliphatic heterocycles. The molecule has 0 unspecified atom stereocenters. The molecule has 2 N–H and O–H groups in total. The molecule has 1 atom stereocenters. The Morgan fingerprint density at radius 1 is 1.53 bits per heavy atom. The first-order chi connectivity index (χ1) is 7.18. The summed E-state index contributed by atoms with van der Waals surface area (Å²) in [5, 5.41) is 0. The normalized spacial score (nSPS) is 21.3. The van der Waals surface area contributed by atoms with E-state index >= 15 is 0 Å². The zero-order valence-electron chi connectivity index (χ0n) is 9.35. The topological polar surface area (TPSA) is 45.4 Å². The van der Waals surface area contributed by atoms with Gasteiger partial charge in [0.25, 0.3) is 0 Å². The number of pyridine rings is 1. The van der Waals surface area contributed by atoms with Gasteiger partial charge >= 0.3 is 0 Å². The Kier molecular flexibility index (Phi) is 2.77. The van der Waals surface area contributed by atoms with E-state index in [9.17, 15) is 0 Å². The fourth-order valence-electron chi connectivity index (χ4n) is 2.07. The van der Waals surface area contributed by atoms with Crippen LogP contribution in [0.15, 0.2) is 18.5 Å². The Morgan fingerprint density at radius 3 is 2.93 bits per heavy atom. The van der Waals surface area contributed by atoms with Crippen LogP contribution in [0, 0.1) is 0 Å². The van der Waals surface area contributed by atoms with E-state index in [4.69, 9.17) is 5.73 Å². The fraction of sp³-hybridized carbons (Fsp3) is 0.545. The van der Waals surface area contributed by atoms with Crippen molar-refractivity contribution in [3.63, 3.8) is 0 Å². The Bertz CT molecular complexity index is 337. The third-order valence-corrected chi connectivity index (χ3v) is 3.06. The van der Waals surface area contributed by atoms with Gasteiger partial charge in [0.2, 0.25) is 0 Å². The highest BCUT2D eigenvalue weighted by molar-refractivity contribution is 5.66. The van der Waals surface area contributed by atoms with Crippen molar-refractivity contribution in [2.24, 2.45) is 0 Å². The van der Waals surface area contributed by atoms with Crippen LogP contribution in [0.4, 0.5) is 11.4 Å². The number of nitrogens with zero attached hydrogens (tertiary/aromatic N) is 3. The minimum atomic E-state index is 0.637. The van der Waals surface area contributed by atoms with E-state index in [1.807, 2.05) is 6.07 Å². The molecule has 1 aromatic rings. The minimum absolute atomic E-state index is 0.637. The second-order valence-electron chi connectivity index (χ2n) is 4.29. The van der Waals surface area contributed by atoms with Crippen molar-refractivity contribution < 1.29 is 0 Å². The molecule has 1 saturated heterocycles. The fourth-order valence-corrected chi connectivity index (χ4v) is 2.07. The molecule has 0 radical (unpaired) electrons. The van der Waals surface area contributed by atoms with Gasteiger partial charge in [-0.3, -0.25) is 4.98 Å². The molecule has 2 heterocycles. The molecule has 0 aliphatic carbocycles. The highest BCUT2D eigenvalue weighted by Crippen LogP contribution is 2.26. The molecule has 2 rings (SSSR count). The molecule has 1 aromatic heterocycles. The summed E-state index contributed by atoms with van der Waals surface area (Å²) in [6.07, 6.45) is 4.72. The van der Waals surface area contributed by atoms with Crippen molar-refractivity contribution >= 4 is 11.4 Å². The van der Waals surface area contributed by atoms with Crippen LogP contribution in [0.5, 0.6) is 0 Å². The van der Waals surface area contributed by atoms with Crippen molar-refractivity contribution in [3.05, 3.63) is 18.5 Å². The van der Waals surface area contributed by atoms with Gasteiger partial charge in [-0.1, -0.05) is 0 Å². The first-order valence-electron chi connectivity index (χ1n) is 5.29. The van der Waals surface area contributed by atoms with Crippen LogP contribution in [0.2, 0.25) is 0 Å². The van der Waals surface area contributed by atoms with Crippen molar-refractivity contribution in [1.29, 1.82) is 0 Å². The third kappa shape index (κ3) is 2.04. The number of nitrogens with two attached hydrogens (primary N) is 1. The number of likely N-dealkylation sites (N-methyl/N-ethyl adjacent to an activating group) is 1. The standard InChI is InChI=1S/C11H18N4/c1-14(2)9-4-6-15(8-9)11-3-5-13-7-10(11)12/h3,5,7,9H,4,6,8,12H2,1-2H3/t9-/m0/s1.